The summed E-state index contributed by atoms with van der Waals surface area (Å²) >= 11 is 0. The Labute approximate surface area is 168 Å². The molecular weight excluding hydrogens is 372 g/mol. The Morgan fingerprint density at radius 3 is 2.79 bits per heavy atom. The number of aromatic nitrogens is 3. The quantitative estimate of drug-likeness (QED) is 0.661. The molecule has 152 valence electrons. The number of nitrogens with zero attached hydrogens (tertiary/aromatic N) is 3. The van der Waals surface area contributed by atoms with Gasteiger partial charge < -0.3 is 14.5 Å². The number of hydrogen-bond acceptors (Lipinski definition) is 5. The summed E-state index contributed by atoms with van der Waals surface area (Å²) in [5, 5.41) is 7.22. The fourth-order valence-electron chi connectivity index (χ4n) is 3.74. The first-order valence-corrected chi connectivity index (χ1v) is 9.80. The normalized spacial score (nSPS) is 18.8. The van der Waals surface area contributed by atoms with Gasteiger partial charge in [0.15, 0.2) is 5.82 Å². The summed E-state index contributed by atoms with van der Waals surface area (Å²) in [6.07, 6.45) is 2.10. The third kappa shape index (κ3) is 4.02. The molecule has 1 aliphatic rings. The standard InChI is InChI=1S/C21H24N4O4/c1-2-24-20(19-17(10-12-29-19)15-7-4-3-5-8-15)23-25(21(24)27)14-18(26)22-13-16-9-6-11-28-16/h3-9,11,17,19H,2,10,12-14H2,1H3,(H,22,26)/t17-,19-/m0/s1. The minimum Gasteiger partial charge on any atom is -0.467 e. The minimum atomic E-state index is -0.308. The van der Waals surface area contributed by atoms with Gasteiger partial charge in [0.25, 0.3) is 0 Å². The fraction of sp³-hybridized carbons (Fsp3) is 0.381. The molecule has 0 saturated carbocycles. The van der Waals surface area contributed by atoms with Crippen LogP contribution in [-0.2, 0) is 29.2 Å². The van der Waals surface area contributed by atoms with Crippen LogP contribution < -0.4 is 11.0 Å². The highest BCUT2D eigenvalue weighted by molar-refractivity contribution is 5.75. The van der Waals surface area contributed by atoms with E-state index in [0.29, 0.717) is 24.7 Å². The molecule has 2 atom stereocenters. The van der Waals surface area contributed by atoms with Gasteiger partial charge in [0.05, 0.1) is 12.8 Å². The summed E-state index contributed by atoms with van der Waals surface area (Å²) in [7, 11) is 0. The topological polar surface area (TPSA) is 91.3 Å². The van der Waals surface area contributed by atoms with Gasteiger partial charge in [0, 0.05) is 19.1 Å². The second-order valence-corrected chi connectivity index (χ2v) is 7.00. The van der Waals surface area contributed by atoms with Gasteiger partial charge in [-0.2, -0.15) is 5.10 Å². The zero-order valence-electron chi connectivity index (χ0n) is 16.3. The number of carbonyl (C=O) groups excluding carboxylic acids is 1. The van der Waals surface area contributed by atoms with Crippen molar-refractivity contribution in [3.05, 3.63) is 76.4 Å². The van der Waals surface area contributed by atoms with Crippen molar-refractivity contribution < 1.29 is 13.9 Å². The van der Waals surface area contributed by atoms with Gasteiger partial charge in [0.2, 0.25) is 5.91 Å². The predicted octanol–water partition coefficient (Wildman–Crippen LogP) is 2.22. The van der Waals surface area contributed by atoms with Crippen LogP contribution in [0.15, 0.2) is 57.9 Å². The Balaban J connectivity index is 1.54. The Hall–Kier alpha value is -3.13. The van der Waals surface area contributed by atoms with Crippen molar-refractivity contribution in [2.45, 2.75) is 45.0 Å². The van der Waals surface area contributed by atoms with Gasteiger partial charge in [-0.1, -0.05) is 30.3 Å². The van der Waals surface area contributed by atoms with Crippen LogP contribution in [0.4, 0.5) is 0 Å². The molecule has 1 aromatic carbocycles. The summed E-state index contributed by atoms with van der Waals surface area (Å²) in [5.41, 5.74) is 0.855. The van der Waals surface area contributed by atoms with E-state index in [1.807, 2.05) is 25.1 Å². The van der Waals surface area contributed by atoms with Crippen LogP contribution >= 0.6 is 0 Å². The Kier molecular flexibility index (Phi) is 5.62. The van der Waals surface area contributed by atoms with Crippen molar-refractivity contribution in [3.63, 3.8) is 0 Å². The molecule has 3 heterocycles. The summed E-state index contributed by atoms with van der Waals surface area (Å²) in [4.78, 5) is 25.1. The molecule has 0 unspecified atom stereocenters. The summed E-state index contributed by atoms with van der Waals surface area (Å²) in [6.45, 7) is 3.08. The monoisotopic (exact) mass is 396 g/mol. The van der Waals surface area contributed by atoms with Crippen LogP contribution in [0.3, 0.4) is 0 Å². The second-order valence-electron chi connectivity index (χ2n) is 7.00. The molecule has 8 heteroatoms. The molecule has 0 aliphatic carbocycles. The molecule has 0 spiro atoms. The van der Waals surface area contributed by atoms with Crippen molar-refractivity contribution in [1.82, 2.24) is 19.7 Å². The van der Waals surface area contributed by atoms with Gasteiger partial charge in [-0.25, -0.2) is 9.48 Å². The highest BCUT2D eigenvalue weighted by Gasteiger charge is 2.35. The van der Waals surface area contributed by atoms with Gasteiger partial charge in [0.1, 0.15) is 18.4 Å². The first kappa shape index (κ1) is 19.2. The summed E-state index contributed by atoms with van der Waals surface area (Å²) < 4.78 is 14.0. The van der Waals surface area contributed by atoms with E-state index < -0.39 is 0 Å². The number of amides is 1. The van der Waals surface area contributed by atoms with Crippen LogP contribution in [-0.4, -0.2) is 26.9 Å². The molecule has 1 N–H and O–H groups in total. The van der Waals surface area contributed by atoms with E-state index in [2.05, 4.69) is 22.5 Å². The Morgan fingerprint density at radius 1 is 1.24 bits per heavy atom. The lowest BCUT2D eigenvalue weighted by molar-refractivity contribution is -0.122. The first-order chi connectivity index (χ1) is 14.2. The largest absolute Gasteiger partial charge is 0.467 e. The van der Waals surface area contributed by atoms with Crippen molar-refractivity contribution >= 4 is 5.91 Å². The number of rotatable bonds is 7. The van der Waals surface area contributed by atoms with E-state index >= 15 is 0 Å². The van der Waals surface area contributed by atoms with Crippen LogP contribution in [0, 0.1) is 0 Å². The highest BCUT2D eigenvalue weighted by atomic mass is 16.5. The molecule has 8 nitrogen and oxygen atoms in total. The lowest BCUT2D eigenvalue weighted by atomic mass is 9.92. The number of furan rings is 1. The average Bonchev–Trinajstić information content (AvgIpc) is 3.48. The van der Waals surface area contributed by atoms with Gasteiger partial charge in [-0.3, -0.25) is 9.36 Å². The molecule has 0 bridgehead atoms. The minimum absolute atomic E-state index is 0.129. The number of nitrogens with one attached hydrogen (secondary N) is 1. The molecule has 4 rings (SSSR count). The van der Waals surface area contributed by atoms with E-state index in [0.717, 1.165) is 12.0 Å². The third-order valence-electron chi connectivity index (χ3n) is 5.17. The van der Waals surface area contributed by atoms with Crippen molar-refractivity contribution in [3.8, 4) is 0 Å². The molecular formula is C21H24N4O4. The first-order valence-electron chi connectivity index (χ1n) is 9.80. The van der Waals surface area contributed by atoms with Crippen LogP contribution in [0.2, 0.25) is 0 Å². The maximum absolute atomic E-state index is 12.8. The summed E-state index contributed by atoms with van der Waals surface area (Å²) in [6, 6.07) is 13.6. The lowest BCUT2D eigenvalue weighted by Crippen LogP contribution is -2.33. The molecule has 1 amide bonds. The zero-order valence-corrected chi connectivity index (χ0v) is 16.3. The maximum Gasteiger partial charge on any atom is 0.346 e. The smallest absolute Gasteiger partial charge is 0.346 e. The number of ether oxygens (including phenoxy) is 1. The van der Waals surface area contributed by atoms with E-state index in [4.69, 9.17) is 9.15 Å². The predicted molar refractivity (Wildman–Crippen MR) is 105 cm³/mol. The Bertz CT molecular complexity index is 1010. The number of benzene rings is 1. The van der Waals surface area contributed by atoms with Gasteiger partial charge >= 0.3 is 5.69 Å². The van der Waals surface area contributed by atoms with Crippen LogP contribution in [0.5, 0.6) is 0 Å². The van der Waals surface area contributed by atoms with Crippen LogP contribution in [0.1, 0.15) is 42.5 Å². The fourth-order valence-corrected chi connectivity index (χ4v) is 3.74. The van der Waals surface area contributed by atoms with Gasteiger partial charge in [-0.15, -0.1) is 0 Å². The van der Waals surface area contributed by atoms with E-state index in [9.17, 15) is 9.59 Å². The van der Waals surface area contributed by atoms with E-state index in [1.165, 1.54) is 4.68 Å². The zero-order chi connectivity index (χ0) is 20.2. The number of carbonyl (C=O) groups is 1. The van der Waals surface area contributed by atoms with E-state index in [1.54, 1.807) is 23.0 Å². The van der Waals surface area contributed by atoms with Crippen LogP contribution in [0.25, 0.3) is 0 Å². The molecule has 2 aromatic heterocycles. The van der Waals surface area contributed by atoms with E-state index in [-0.39, 0.29) is 36.7 Å². The second kappa shape index (κ2) is 8.48. The molecule has 1 fully saturated rings. The molecule has 3 aromatic rings. The SMILES string of the molecule is CCn1c([C@H]2OCC[C@H]2c2ccccc2)nn(CC(=O)NCc2ccco2)c1=O. The van der Waals surface area contributed by atoms with Crippen molar-refractivity contribution in [2.75, 3.05) is 6.61 Å². The van der Waals surface area contributed by atoms with Gasteiger partial charge in [-0.05, 0) is 31.0 Å². The molecule has 1 aliphatic heterocycles. The van der Waals surface area contributed by atoms with Crippen molar-refractivity contribution in [2.24, 2.45) is 0 Å². The third-order valence-corrected chi connectivity index (χ3v) is 5.17. The molecule has 0 radical (unpaired) electrons. The maximum atomic E-state index is 12.8. The average molecular weight is 396 g/mol. The lowest BCUT2D eigenvalue weighted by Gasteiger charge is -2.18. The Morgan fingerprint density at radius 2 is 2.07 bits per heavy atom. The van der Waals surface area contributed by atoms with Crippen molar-refractivity contribution in [1.29, 1.82) is 0 Å². The number of hydrogen-bond donors (Lipinski definition) is 1. The molecule has 1 saturated heterocycles. The highest BCUT2D eigenvalue weighted by Crippen LogP contribution is 2.40. The molecule has 29 heavy (non-hydrogen) atoms. The summed E-state index contributed by atoms with van der Waals surface area (Å²) in [5.74, 6) is 1.05.